The summed E-state index contributed by atoms with van der Waals surface area (Å²) >= 11 is 0. The molecule has 0 aliphatic carbocycles. The maximum Gasteiger partial charge on any atom is 0.222 e. The van der Waals surface area contributed by atoms with Crippen molar-refractivity contribution in [1.82, 2.24) is 15.1 Å². The molecule has 0 aromatic rings. The lowest BCUT2D eigenvalue weighted by molar-refractivity contribution is -0.129. The Morgan fingerprint density at radius 2 is 2.18 bits per heavy atom. The number of hydrogen-bond donors (Lipinski definition) is 1. The van der Waals surface area contributed by atoms with Crippen LogP contribution in [0, 0.1) is 0 Å². The molecule has 1 heterocycles. The number of rotatable bonds is 9. The van der Waals surface area contributed by atoms with Gasteiger partial charge in [0, 0.05) is 45.7 Å². The number of nitrogens with one attached hydrogen (secondary N) is 1. The number of carbonyl (C=O) groups is 1. The van der Waals surface area contributed by atoms with Gasteiger partial charge in [0.05, 0.1) is 0 Å². The van der Waals surface area contributed by atoms with Crippen molar-refractivity contribution in [2.24, 2.45) is 4.99 Å². The zero-order valence-corrected chi connectivity index (χ0v) is 14.9. The van der Waals surface area contributed by atoms with E-state index in [4.69, 9.17) is 4.99 Å². The molecule has 0 aromatic carbocycles. The van der Waals surface area contributed by atoms with Crippen LogP contribution in [-0.4, -0.2) is 60.9 Å². The fourth-order valence-electron chi connectivity index (χ4n) is 2.93. The zero-order chi connectivity index (χ0) is 16.4. The number of carbonyl (C=O) groups excluding carboxylic acids is 1. The molecular formula is C17H34N4O. The largest absolute Gasteiger partial charge is 0.357 e. The van der Waals surface area contributed by atoms with Crippen molar-refractivity contribution < 1.29 is 4.79 Å². The molecule has 0 saturated carbocycles. The van der Waals surface area contributed by atoms with Crippen LogP contribution in [0.3, 0.4) is 0 Å². The van der Waals surface area contributed by atoms with E-state index in [0.717, 1.165) is 57.8 Å². The van der Waals surface area contributed by atoms with Crippen LogP contribution in [-0.2, 0) is 4.79 Å². The molecule has 5 nitrogen and oxygen atoms in total. The molecule has 1 atom stereocenters. The van der Waals surface area contributed by atoms with Gasteiger partial charge in [-0.1, -0.05) is 20.3 Å². The fraction of sp³-hybridized carbons (Fsp3) is 0.882. The summed E-state index contributed by atoms with van der Waals surface area (Å²) in [5.41, 5.74) is 0. The van der Waals surface area contributed by atoms with Crippen LogP contribution in [0.5, 0.6) is 0 Å². The van der Waals surface area contributed by atoms with Gasteiger partial charge in [0.1, 0.15) is 0 Å². The summed E-state index contributed by atoms with van der Waals surface area (Å²) in [6, 6.07) is 0.350. The average molecular weight is 310 g/mol. The molecule has 128 valence electrons. The van der Waals surface area contributed by atoms with Crippen molar-refractivity contribution in [2.45, 2.75) is 65.3 Å². The Kier molecular flexibility index (Phi) is 8.94. The number of nitrogens with zero attached hydrogens (tertiary/aromatic N) is 3. The monoisotopic (exact) mass is 310 g/mol. The highest BCUT2D eigenvalue weighted by atomic mass is 16.2. The third-order valence-corrected chi connectivity index (χ3v) is 4.29. The number of amides is 1. The van der Waals surface area contributed by atoms with Crippen LogP contribution in [0.2, 0.25) is 0 Å². The minimum atomic E-state index is 0.322. The van der Waals surface area contributed by atoms with Crippen LogP contribution >= 0.6 is 0 Å². The van der Waals surface area contributed by atoms with E-state index in [-0.39, 0.29) is 0 Å². The lowest BCUT2D eigenvalue weighted by Gasteiger charge is -2.27. The second-order valence-corrected chi connectivity index (χ2v) is 6.05. The minimum absolute atomic E-state index is 0.322. The van der Waals surface area contributed by atoms with E-state index in [0.29, 0.717) is 11.9 Å². The Morgan fingerprint density at radius 3 is 2.73 bits per heavy atom. The third kappa shape index (κ3) is 5.85. The van der Waals surface area contributed by atoms with Gasteiger partial charge in [-0.25, -0.2) is 0 Å². The standard InChI is InChI=1S/C17H34N4O/c1-5-8-13-20(4)17(18-7-3)19-12-11-15(6-2)21-14-9-10-16(21)22/h15H,5-14H2,1-4H3,(H,18,19). The smallest absolute Gasteiger partial charge is 0.222 e. The summed E-state index contributed by atoms with van der Waals surface area (Å²) in [6.07, 6.45) is 6.09. The van der Waals surface area contributed by atoms with Crippen molar-refractivity contribution in [3.8, 4) is 0 Å². The SMILES string of the molecule is CCCCN(C)C(=NCCC(CC)N1CCCC1=O)NCC. The summed E-state index contributed by atoms with van der Waals surface area (Å²) in [6.45, 7) is 10.1. The van der Waals surface area contributed by atoms with Crippen LogP contribution in [0.4, 0.5) is 0 Å². The van der Waals surface area contributed by atoms with Crippen molar-refractivity contribution >= 4 is 11.9 Å². The number of guanidine groups is 1. The average Bonchev–Trinajstić information content (AvgIpc) is 2.94. The summed E-state index contributed by atoms with van der Waals surface area (Å²) in [7, 11) is 2.10. The molecule has 0 bridgehead atoms. The topological polar surface area (TPSA) is 47.9 Å². The Labute approximate surface area is 136 Å². The highest BCUT2D eigenvalue weighted by Crippen LogP contribution is 2.18. The first kappa shape index (κ1) is 18.8. The molecule has 0 aromatic heterocycles. The van der Waals surface area contributed by atoms with Gasteiger partial charge in [-0.15, -0.1) is 0 Å². The molecule has 1 rings (SSSR count). The number of hydrogen-bond acceptors (Lipinski definition) is 2. The first-order valence-electron chi connectivity index (χ1n) is 8.92. The van der Waals surface area contributed by atoms with Gasteiger partial charge in [0.15, 0.2) is 5.96 Å². The van der Waals surface area contributed by atoms with Crippen LogP contribution in [0.25, 0.3) is 0 Å². The summed E-state index contributed by atoms with van der Waals surface area (Å²) in [4.78, 5) is 20.9. The summed E-state index contributed by atoms with van der Waals surface area (Å²) in [5.74, 6) is 1.31. The van der Waals surface area contributed by atoms with Gasteiger partial charge in [0.2, 0.25) is 5.91 Å². The minimum Gasteiger partial charge on any atom is -0.357 e. The van der Waals surface area contributed by atoms with Crippen molar-refractivity contribution in [3.63, 3.8) is 0 Å². The van der Waals surface area contributed by atoms with Gasteiger partial charge in [0.25, 0.3) is 0 Å². The molecule has 1 amide bonds. The summed E-state index contributed by atoms with van der Waals surface area (Å²) in [5, 5.41) is 3.36. The molecule has 5 heteroatoms. The van der Waals surface area contributed by atoms with E-state index >= 15 is 0 Å². The van der Waals surface area contributed by atoms with E-state index in [1.54, 1.807) is 0 Å². The molecule has 1 unspecified atom stereocenters. The second kappa shape index (κ2) is 10.5. The normalized spacial score (nSPS) is 17.0. The van der Waals surface area contributed by atoms with Crippen LogP contribution in [0.15, 0.2) is 4.99 Å². The summed E-state index contributed by atoms with van der Waals surface area (Å²) < 4.78 is 0. The first-order chi connectivity index (χ1) is 10.6. The molecule has 0 radical (unpaired) electrons. The molecule has 1 N–H and O–H groups in total. The maximum atomic E-state index is 11.9. The van der Waals surface area contributed by atoms with Gasteiger partial charge in [-0.3, -0.25) is 9.79 Å². The quantitative estimate of drug-likeness (QED) is 0.526. The van der Waals surface area contributed by atoms with E-state index in [9.17, 15) is 4.79 Å². The van der Waals surface area contributed by atoms with Crippen molar-refractivity contribution in [3.05, 3.63) is 0 Å². The maximum absolute atomic E-state index is 11.9. The van der Waals surface area contributed by atoms with Crippen molar-refractivity contribution in [2.75, 3.05) is 33.2 Å². The molecule has 1 saturated heterocycles. The predicted octanol–water partition coefficient (Wildman–Crippen LogP) is 2.47. The fourth-order valence-corrected chi connectivity index (χ4v) is 2.93. The Hall–Kier alpha value is -1.26. The molecular weight excluding hydrogens is 276 g/mol. The molecule has 1 aliphatic rings. The van der Waals surface area contributed by atoms with E-state index < -0.39 is 0 Å². The second-order valence-electron chi connectivity index (χ2n) is 6.05. The number of unbranched alkanes of at least 4 members (excludes halogenated alkanes) is 1. The molecule has 22 heavy (non-hydrogen) atoms. The highest BCUT2D eigenvalue weighted by Gasteiger charge is 2.26. The molecule has 0 spiro atoms. The lowest BCUT2D eigenvalue weighted by Crippen LogP contribution is -2.40. The lowest BCUT2D eigenvalue weighted by atomic mass is 10.1. The molecule has 1 aliphatic heterocycles. The van der Waals surface area contributed by atoms with E-state index in [1.165, 1.54) is 12.8 Å². The Balaban J connectivity index is 2.51. The Morgan fingerprint density at radius 1 is 1.41 bits per heavy atom. The van der Waals surface area contributed by atoms with Gasteiger partial charge in [-0.05, 0) is 32.6 Å². The number of likely N-dealkylation sites (tertiary alicyclic amines) is 1. The van der Waals surface area contributed by atoms with Crippen LogP contribution in [0.1, 0.15) is 59.3 Å². The third-order valence-electron chi connectivity index (χ3n) is 4.29. The highest BCUT2D eigenvalue weighted by molar-refractivity contribution is 5.79. The number of aliphatic imine (C=N–C) groups is 1. The Bertz CT molecular complexity index is 357. The van der Waals surface area contributed by atoms with Gasteiger partial charge < -0.3 is 15.1 Å². The van der Waals surface area contributed by atoms with Gasteiger partial charge in [-0.2, -0.15) is 0 Å². The van der Waals surface area contributed by atoms with Gasteiger partial charge >= 0.3 is 0 Å². The van der Waals surface area contributed by atoms with E-state index in [2.05, 4.69) is 42.9 Å². The first-order valence-corrected chi connectivity index (χ1v) is 8.92. The predicted molar refractivity (Wildman–Crippen MR) is 93.2 cm³/mol. The van der Waals surface area contributed by atoms with Crippen LogP contribution < -0.4 is 5.32 Å². The van der Waals surface area contributed by atoms with Crippen molar-refractivity contribution in [1.29, 1.82) is 0 Å². The molecule has 1 fully saturated rings. The zero-order valence-electron chi connectivity index (χ0n) is 14.9. The van der Waals surface area contributed by atoms with E-state index in [1.807, 2.05) is 0 Å².